The predicted octanol–water partition coefficient (Wildman–Crippen LogP) is -0.975. The summed E-state index contributed by atoms with van der Waals surface area (Å²) in [4.78, 5) is 11.4. The summed E-state index contributed by atoms with van der Waals surface area (Å²) in [5.74, 6) is 0.110. The molecule has 0 aliphatic rings. The highest BCUT2D eigenvalue weighted by Gasteiger charge is 2.14. The van der Waals surface area contributed by atoms with Crippen molar-refractivity contribution in [3.8, 4) is 0 Å². The molecule has 0 aliphatic carbocycles. The van der Waals surface area contributed by atoms with Gasteiger partial charge in [-0.15, -0.1) is 0 Å². The van der Waals surface area contributed by atoms with Crippen LogP contribution in [0, 0.1) is 5.92 Å². The standard InChI is InChI=1S/C9H21N3O3S/c1-7(2)6-8(10)9(13)11-4-5-12-16(3,14)15/h7-8,12H,4-6,10H2,1-3H3,(H,11,13)/t8-/m1/s1. The fourth-order valence-electron chi connectivity index (χ4n) is 1.17. The Morgan fingerprint density at radius 1 is 1.31 bits per heavy atom. The van der Waals surface area contributed by atoms with Gasteiger partial charge in [0, 0.05) is 13.1 Å². The van der Waals surface area contributed by atoms with Crippen LogP contribution in [-0.2, 0) is 14.8 Å². The first-order valence-corrected chi connectivity index (χ1v) is 7.09. The van der Waals surface area contributed by atoms with Crippen molar-refractivity contribution in [2.45, 2.75) is 26.3 Å². The van der Waals surface area contributed by atoms with Crippen LogP contribution in [-0.4, -0.2) is 39.7 Å². The molecule has 0 spiro atoms. The Bertz CT molecular complexity index is 314. The molecule has 0 aromatic carbocycles. The normalized spacial score (nSPS) is 13.8. The summed E-state index contributed by atoms with van der Waals surface area (Å²) in [6.07, 6.45) is 1.69. The molecule has 1 atom stereocenters. The average molecular weight is 251 g/mol. The second-order valence-corrected chi connectivity index (χ2v) is 6.03. The lowest BCUT2D eigenvalue weighted by molar-refractivity contribution is -0.122. The first-order valence-electron chi connectivity index (χ1n) is 5.20. The van der Waals surface area contributed by atoms with Crippen molar-refractivity contribution >= 4 is 15.9 Å². The molecule has 0 saturated heterocycles. The largest absolute Gasteiger partial charge is 0.353 e. The first-order chi connectivity index (χ1) is 7.22. The van der Waals surface area contributed by atoms with E-state index in [1.54, 1.807) is 0 Å². The Morgan fingerprint density at radius 2 is 1.88 bits per heavy atom. The molecule has 96 valence electrons. The third-order valence-electron chi connectivity index (χ3n) is 1.85. The number of nitrogens with one attached hydrogen (secondary N) is 2. The number of carbonyl (C=O) groups is 1. The fourth-order valence-corrected chi connectivity index (χ4v) is 1.64. The summed E-state index contributed by atoms with van der Waals surface area (Å²) in [6, 6.07) is -0.529. The van der Waals surface area contributed by atoms with Gasteiger partial charge in [-0.1, -0.05) is 13.8 Å². The summed E-state index contributed by atoms with van der Waals surface area (Å²) in [6.45, 7) is 4.40. The lowest BCUT2D eigenvalue weighted by atomic mass is 10.0. The van der Waals surface area contributed by atoms with E-state index in [0.717, 1.165) is 6.26 Å². The van der Waals surface area contributed by atoms with Crippen LogP contribution in [0.4, 0.5) is 0 Å². The number of hydrogen-bond acceptors (Lipinski definition) is 4. The van der Waals surface area contributed by atoms with E-state index in [0.29, 0.717) is 12.3 Å². The van der Waals surface area contributed by atoms with Crippen molar-refractivity contribution in [1.82, 2.24) is 10.0 Å². The van der Waals surface area contributed by atoms with E-state index in [9.17, 15) is 13.2 Å². The van der Waals surface area contributed by atoms with E-state index < -0.39 is 16.1 Å². The van der Waals surface area contributed by atoms with Crippen molar-refractivity contribution in [3.63, 3.8) is 0 Å². The van der Waals surface area contributed by atoms with Crippen LogP contribution in [0.15, 0.2) is 0 Å². The van der Waals surface area contributed by atoms with Gasteiger partial charge < -0.3 is 11.1 Å². The molecule has 7 heteroatoms. The average Bonchev–Trinajstić information content (AvgIpc) is 2.09. The quantitative estimate of drug-likeness (QED) is 0.506. The molecule has 0 unspecified atom stereocenters. The maximum Gasteiger partial charge on any atom is 0.236 e. The van der Waals surface area contributed by atoms with Gasteiger partial charge in [0.1, 0.15) is 0 Å². The summed E-state index contributed by atoms with van der Waals surface area (Å²) in [5, 5.41) is 2.57. The first kappa shape index (κ1) is 15.3. The number of amides is 1. The lowest BCUT2D eigenvalue weighted by Gasteiger charge is -2.14. The maximum atomic E-state index is 11.4. The molecule has 16 heavy (non-hydrogen) atoms. The monoisotopic (exact) mass is 251 g/mol. The molecule has 0 rings (SSSR count). The smallest absolute Gasteiger partial charge is 0.236 e. The van der Waals surface area contributed by atoms with Gasteiger partial charge in [-0.25, -0.2) is 13.1 Å². The minimum atomic E-state index is -3.19. The molecule has 0 heterocycles. The van der Waals surface area contributed by atoms with E-state index in [1.807, 2.05) is 13.8 Å². The van der Waals surface area contributed by atoms with Crippen molar-refractivity contribution in [3.05, 3.63) is 0 Å². The van der Waals surface area contributed by atoms with Crippen LogP contribution in [0.5, 0.6) is 0 Å². The van der Waals surface area contributed by atoms with E-state index in [-0.39, 0.29) is 19.0 Å². The lowest BCUT2D eigenvalue weighted by Crippen LogP contribution is -2.44. The number of rotatable bonds is 7. The zero-order chi connectivity index (χ0) is 12.8. The maximum absolute atomic E-state index is 11.4. The van der Waals surface area contributed by atoms with E-state index in [4.69, 9.17) is 5.73 Å². The van der Waals surface area contributed by atoms with E-state index in [2.05, 4.69) is 10.0 Å². The Kier molecular flexibility index (Phi) is 6.54. The molecular formula is C9H21N3O3S. The molecule has 6 nitrogen and oxygen atoms in total. The molecule has 0 saturated carbocycles. The van der Waals surface area contributed by atoms with Gasteiger partial charge in [0.05, 0.1) is 12.3 Å². The van der Waals surface area contributed by atoms with Crippen molar-refractivity contribution in [2.75, 3.05) is 19.3 Å². The number of hydrogen-bond donors (Lipinski definition) is 3. The zero-order valence-corrected chi connectivity index (χ0v) is 10.8. The van der Waals surface area contributed by atoms with Gasteiger partial charge >= 0.3 is 0 Å². The second kappa shape index (κ2) is 6.82. The molecule has 0 radical (unpaired) electrons. The summed E-state index contributed by atoms with van der Waals surface area (Å²) in [5.41, 5.74) is 5.64. The molecule has 0 aromatic rings. The van der Waals surface area contributed by atoms with Crippen LogP contribution in [0.3, 0.4) is 0 Å². The molecular weight excluding hydrogens is 230 g/mol. The molecule has 0 aromatic heterocycles. The SMILES string of the molecule is CC(C)C[C@@H](N)C(=O)NCCNS(C)(=O)=O. The molecule has 1 amide bonds. The summed E-state index contributed by atoms with van der Waals surface area (Å²) >= 11 is 0. The van der Waals surface area contributed by atoms with Crippen LogP contribution in [0.1, 0.15) is 20.3 Å². The Hall–Kier alpha value is -0.660. The minimum absolute atomic E-state index is 0.180. The van der Waals surface area contributed by atoms with Gasteiger partial charge in [-0.05, 0) is 12.3 Å². The van der Waals surface area contributed by atoms with Crippen LogP contribution in [0.2, 0.25) is 0 Å². The summed E-state index contributed by atoms with van der Waals surface area (Å²) < 4.78 is 23.7. The Labute approximate surface area is 97.0 Å². The molecule has 0 bridgehead atoms. The minimum Gasteiger partial charge on any atom is -0.353 e. The topological polar surface area (TPSA) is 101 Å². The zero-order valence-electron chi connectivity index (χ0n) is 9.99. The van der Waals surface area contributed by atoms with Gasteiger partial charge in [-0.3, -0.25) is 4.79 Å². The van der Waals surface area contributed by atoms with Crippen LogP contribution in [0.25, 0.3) is 0 Å². The highest BCUT2D eigenvalue weighted by atomic mass is 32.2. The van der Waals surface area contributed by atoms with Crippen LogP contribution >= 0.6 is 0 Å². The number of nitrogens with two attached hydrogens (primary N) is 1. The molecule has 0 fully saturated rings. The highest BCUT2D eigenvalue weighted by molar-refractivity contribution is 7.88. The van der Waals surface area contributed by atoms with Crippen molar-refractivity contribution in [2.24, 2.45) is 11.7 Å². The third kappa shape index (κ3) is 8.63. The van der Waals surface area contributed by atoms with Crippen molar-refractivity contribution in [1.29, 1.82) is 0 Å². The second-order valence-electron chi connectivity index (χ2n) is 4.19. The molecule has 0 aliphatic heterocycles. The van der Waals surface area contributed by atoms with Gasteiger partial charge in [0.2, 0.25) is 15.9 Å². The van der Waals surface area contributed by atoms with Crippen LogP contribution < -0.4 is 15.8 Å². The van der Waals surface area contributed by atoms with Gasteiger partial charge in [-0.2, -0.15) is 0 Å². The fraction of sp³-hybridized carbons (Fsp3) is 0.889. The Morgan fingerprint density at radius 3 is 2.31 bits per heavy atom. The number of sulfonamides is 1. The van der Waals surface area contributed by atoms with Crippen molar-refractivity contribution < 1.29 is 13.2 Å². The van der Waals surface area contributed by atoms with Gasteiger partial charge in [0.15, 0.2) is 0 Å². The molecule has 4 N–H and O–H groups in total. The predicted molar refractivity (Wildman–Crippen MR) is 63.3 cm³/mol. The summed E-state index contributed by atoms with van der Waals surface area (Å²) in [7, 11) is -3.19. The number of carbonyl (C=O) groups excluding carboxylic acids is 1. The third-order valence-corrected chi connectivity index (χ3v) is 2.58. The van der Waals surface area contributed by atoms with E-state index >= 15 is 0 Å². The van der Waals surface area contributed by atoms with Gasteiger partial charge in [0.25, 0.3) is 0 Å². The Balaban J connectivity index is 3.73. The van der Waals surface area contributed by atoms with E-state index in [1.165, 1.54) is 0 Å². The highest BCUT2D eigenvalue weighted by Crippen LogP contribution is 2.01.